The van der Waals surface area contributed by atoms with E-state index in [9.17, 15) is 9.59 Å². The van der Waals surface area contributed by atoms with Crippen molar-refractivity contribution in [2.24, 2.45) is 5.92 Å². The second-order valence-corrected chi connectivity index (χ2v) is 5.95. The topological polar surface area (TPSA) is 55.4 Å². The molecule has 1 atom stereocenters. The van der Waals surface area contributed by atoms with Gasteiger partial charge in [0.1, 0.15) is 0 Å². The minimum absolute atomic E-state index is 0.0547. The molecule has 0 aromatic heterocycles. The molecule has 0 aliphatic carbocycles. The molecule has 4 nitrogen and oxygen atoms in total. The quantitative estimate of drug-likeness (QED) is 0.849. The van der Waals surface area contributed by atoms with E-state index in [4.69, 9.17) is 4.74 Å². The van der Waals surface area contributed by atoms with Gasteiger partial charge in [0.2, 0.25) is 0 Å². The van der Waals surface area contributed by atoms with Crippen LogP contribution in [0.15, 0.2) is 12.1 Å². The Bertz CT molecular complexity index is 512. The third-order valence-electron chi connectivity index (χ3n) is 3.60. The van der Waals surface area contributed by atoms with Crippen molar-refractivity contribution in [3.05, 3.63) is 34.4 Å². The number of carbonyl (C=O) groups excluding carboxylic acids is 2. The zero-order chi connectivity index (χ0) is 16.2. The van der Waals surface area contributed by atoms with Gasteiger partial charge in [0.15, 0.2) is 6.61 Å². The highest BCUT2D eigenvalue weighted by molar-refractivity contribution is 5.94. The third-order valence-corrected chi connectivity index (χ3v) is 3.60. The van der Waals surface area contributed by atoms with Gasteiger partial charge in [-0.3, -0.25) is 4.79 Å². The van der Waals surface area contributed by atoms with Gasteiger partial charge < -0.3 is 10.1 Å². The van der Waals surface area contributed by atoms with Crippen LogP contribution in [-0.4, -0.2) is 24.5 Å². The van der Waals surface area contributed by atoms with E-state index in [0.717, 1.165) is 16.7 Å². The third kappa shape index (κ3) is 4.88. The second-order valence-electron chi connectivity index (χ2n) is 5.95. The molecule has 0 aliphatic rings. The number of carbonyl (C=O) groups is 2. The van der Waals surface area contributed by atoms with Crippen LogP contribution >= 0.6 is 0 Å². The maximum absolute atomic E-state index is 12.1. The Balaban J connectivity index is 2.65. The van der Waals surface area contributed by atoms with E-state index in [1.807, 2.05) is 53.7 Å². The molecule has 0 fully saturated rings. The van der Waals surface area contributed by atoms with Gasteiger partial charge >= 0.3 is 5.97 Å². The van der Waals surface area contributed by atoms with Gasteiger partial charge in [-0.25, -0.2) is 4.79 Å². The van der Waals surface area contributed by atoms with Gasteiger partial charge in [0.05, 0.1) is 5.56 Å². The van der Waals surface area contributed by atoms with Crippen molar-refractivity contribution in [2.45, 2.75) is 47.6 Å². The molecule has 4 heteroatoms. The smallest absolute Gasteiger partial charge is 0.339 e. The summed E-state index contributed by atoms with van der Waals surface area (Å²) in [6, 6.07) is 3.92. The van der Waals surface area contributed by atoms with E-state index in [2.05, 4.69) is 5.32 Å². The molecule has 21 heavy (non-hydrogen) atoms. The van der Waals surface area contributed by atoms with E-state index in [1.54, 1.807) is 0 Å². The number of benzene rings is 1. The summed E-state index contributed by atoms with van der Waals surface area (Å²) in [5.74, 6) is -0.379. The van der Waals surface area contributed by atoms with E-state index in [0.29, 0.717) is 11.5 Å². The van der Waals surface area contributed by atoms with Crippen LogP contribution in [0.1, 0.15) is 47.8 Å². The zero-order valence-corrected chi connectivity index (χ0v) is 13.7. The number of amides is 1. The maximum atomic E-state index is 12.1. The van der Waals surface area contributed by atoms with Crippen molar-refractivity contribution in [1.29, 1.82) is 0 Å². The zero-order valence-electron chi connectivity index (χ0n) is 13.7. The van der Waals surface area contributed by atoms with E-state index in [1.165, 1.54) is 0 Å². The molecule has 0 unspecified atom stereocenters. The van der Waals surface area contributed by atoms with Crippen molar-refractivity contribution >= 4 is 11.9 Å². The van der Waals surface area contributed by atoms with Gasteiger partial charge in [-0.2, -0.15) is 0 Å². The van der Waals surface area contributed by atoms with E-state index < -0.39 is 5.97 Å². The summed E-state index contributed by atoms with van der Waals surface area (Å²) in [7, 11) is 0. The first kappa shape index (κ1) is 17.2. The van der Waals surface area contributed by atoms with Crippen LogP contribution in [0.25, 0.3) is 0 Å². The first-order chi connectivity index (χ1) is 9.72. The van der Waals surface area contributed by atoms with Crippen LogP contribution in [0.4, 0.5) is 0 Å². The van der Waals surface area contributed by atoms with Gasteiger partial charge in [0.25, 0.3) is 5.91 Å². The van der Waals surface area contributed by atoms with E-state index in [-0.39, 0.29) is 18.6 Å². The molecule has 1 aromatic rings. The Kier molecular flexibility index (Phi) is 5.94. The monoisotopic (exact) mass is 291 g/mol. The molecule has 0 saturated heterocycles. The Morgan fingerprint density at radius 3 is 2.10 bits per heavy atom. The fraction of sp³-hybridized carbons (Fsp3) is 0.529. The normalized spacial score (nSPS) is 12.1. The molecule has 0 bridgehead atoms. The highest BCUT2D eigenvalue weighted by atomic mass is 16.5. The molecule has 1 amide bonds. The average molecular weight is 291 g/mol. The average Bonchev–Trinajstić information content (AvgIpc) is 2.34. The van der Waals surface area contributed by atoms with Crippen molar-refractivity contribution in [3.63, 3.8) is 0 Å². The molecule has 0 aliphatic heterocycles. The van der Waals surface area contributed by atoms with Gasteiger partial charge in [-0.15, -0.1) is 0 Å². The Labute approximate surface area is 126 Å². The first-order valence-corrected chi connectivity index (χ1v) is 7.26. The molecule has 0 radical (unpaired) electrons. The summed E-state index contributed by atoms with van der Waals surface area (Å²) in [5, 5.41) is 2.81. The summed E-state index contributed by atoms with van der Waals surface area (Å²) in [4.78, 5) is 23.8. The molecule has 1 rings (SSSR count). The van der Waals surface area contributed by atoms with Crippen molar-refractivity contribution < 1.29 is 14.3 Å². The lowest BCUT2D eigenvalue weighted by Gasteiger charge is -2.17. The van der Waals surface area contributed by atoms with Crippen LogP contribution in [-0.2, 0) is 9.53 Å². The van der Waals surface area contributed by atoms with Gasteiger partial charge in [-0.1, -0.05) is 31.5 Å². The van der Waals surface area contributed by atoms with Crippen LogP contribution in [0, 0.1) is 26.7 Å². The largest absolute Gasteiger partial charge is 0.452 e. The molecule has 1 aromatic carbocycles. The summed E-state index contributed by atoms with van der Waals surface area (Å²) in [6.45, 7) is 11.5. The van der Waals surface area contributed by atoms with Crippen LogP contribution in [0.2, 0.25) is 0 Å². The molecular formula is C17H25NO3. The number of rotatable bonds is 5. The molecule has 1 N–H and O–H groups in total. The van der Waals surface area contributed by atoms with Crippen LogP contribution in [0.5, 0.6) is 0 Å². The maximum Gasteiger partial charge on any atom is 0.339 e. The van der Waals surface area contributed by atoms with Crippen molar-refractivity contribution in [2.75, 3.05) is 6.61 Å². The van der Waals surface area contributed by atoms with Gasteiger partial charge in [0, 0.05) is 6.04 Å². The molecule has 0 heterocycles. The number of hydrogen-bond donors (Lipinski definition) is 1. The number of ether oxygens (including phenoxy) is 1. The fourth-order valence-electron chi connectivity index (χ4n) is 2.17. The van der Waals surface area contributed by atoms with Crippen molar-refractivity contribution in [1.82, 2.24) is 5.32 Å². The lowest BCUT2D eigenvalue weighted by Crippen LogP contribution is -2.38. The minimum Gasteiger partial charge on any atom is -0.452 e. The summed E-state index contributed by atoms with van der Waals surface area (Å²) in [5.41, 5.74) is 3.39. The predicted octanol–water partition coefficient (Wildman–Crippen LogP) is 2.93. The number of hydrogen-bond acceptors (Lipinski definition) is 3. The molecule has 116 valence electrons. The number of nitrogens with one attached hydrogen (secondary N) is 1. The number of esters is 1. The standard InChI is InChI=1S/C17H25NO3/c1-10(2)14(6)18-15(19)9-21-17(20)16-12(4)7-11(3)8-13(16)5/h7-8,10,14H,9H2,1-6H3,(H,18,19)/t14-/m1/s1. The predicted molar refractivity (Wildman–Crippen MR) is 83.4 cm³/mol. The van der Waals surface area contributed by atoms with Crippen LogP contribution in [0.3, 0.4) is 0 Å². The van der Waals surface area contributed by atoms with E-state index >= 15 is 0 Å². The second kappa shape index (κ2) is 7.25. The molecule has 0 saturated carbocycles. The minimum atomic E-state index is -0.447. The van der Waals surface area contributed by atoms with Crippen LogP contribution < -0.4 is 5.32 Å². The lowest BCUT2D eigenvalue weighted by molar-refractivity contribution is -0.125. The van der Waals surface area contributed by atoms with Crippen molar-refractivity contribution in [3.8, 4) is 0 Å². The highest BCUT2D eigenvalue weighted by Crippen LogP contribution is 2.17. The Morgan fingerprint density at radius 2 is 1.62 bits per heavy atom. The molecule has 0 spiro atoms. The van der Waals surface area contributed by atoms with Gasteiger partial charge in [-0.05, 0) is 44.7 Å². The first-order valence-electron chi connectivity index (χ1n) is 7.26. The highest BCUT2D eigenvalue weighted by Gasteiger charge is 2.17. The molecular weight excluding hydrogens is 266 g/mol. The summed E-state index contributed by atoms with van der Waals surface area (Å²) in [6.07, 6.45) is 0. The lowest BCUT2D eigenvalue weighted by atomic mass is 10.00. The number of aryl methyl sites for hydroxylation is 3. The summed E-state index contributed by atoms with van der Waals surface area (Å²) < 4.78 is 5.12. The SMILES string of the molecule is Cc1cc(C)c(C(=O)OCC(=O)N[C@H](C)C(C)C)c(C)c1. The summed E-state index contributed by atoms with van der Waals surface area (Å²) >= 11 is 0. The fourth-order valence-corrected chi connectivity index (χ4v) is 2.17. The Morgan fingerprint density at radius 1 is 1.10 bits per heavy atom. The Hall–Kier alpha value is -1.84.